The van der Waals surface area contributed by atoms with Crippen LogP contribution in [0.1, 0.15) is 19.8 Å². The fourth-order valence-electron chi connectivity index (χ4n) is 2.44. The molecule has 0 radical (unpaired) electrons. The molecule has 4 nitrogen and oxygen atoms in total. The van der Waals surface area contributed by atoms with Crippen molar-refractivity contribution in [2.24, 2.45) is 0 Å². The highest BCUT2D eigenvalue weighted by atomic mass is 19.1. The van der Waals surface area contributed by atoms with E-state index in [0.717, 1.165) is 6.54 Å². The largest absolute Gasteiger partial charge is 0.481 e. The molecule has 2 unspecified atom stereocenters. The number of para-hydroxylation sites is 1. The van der Waals surface area contributed by atoms with Crippen molar-refractivity contribution >= 4 is 11.7 Å². The Hall–Kier alpha value is -1.62. The van der Waals surface area contributed by atoms with Crippen LogP contribution in [0.5, 0.6) is 0 Å². The number of nitrogens with zero attached hydrogens (tertiary/aromatic N) is 1. The minimum Gasteiger partial charge on any atom is -0.481 e. The second kappa shape index (κ2) is 6.02. The third-order valence-corrected chi connectivity index (χ3v) is 3.52. The molecule has 0 aromatic heterocycles. The van der Waals surface area contributed by atoms with Crippen molar-refractivity contribution in [3.8, 4) is 0 Å². The first kappa shape index (κ1) is 13.8. The molecule has 0 aliphatic carbocycles. The number of rotatable bonds is 4. The summed E-state index contributed by atoms with van der Waals surface area (Å²) in [6.45, 7) is 3.40. The van der Waals surface area contributed by atoms with Crippen molar-refractivity contribution in [2.75, 3.05) is 18.0 Å². The molecule has 1 saturated heterocycles. The van der Waals surface area contributed by atoms with Crippen molar-refractivity contribution in [3.05, 3.63) is 30.1 Å². The first-order valence-electron chi connectivity index (χ1n) is 6.54. The van der Waals surface area contributed by atoms with Crippen LogP contribution in [0.4, 0.5) is 10.1 Å². The van der Waals surface area contributed by atoms with Gasteiger partial charge in [-0.2, -0.15) is 0 Å². The molecule has 1 fully saturated rings. The molecule has 2 N–H and O–H groups in total. The zero-order chi connectivity index (χ0) is 13.8. The lowest BCUT2D eigenvalue weighted by Crippen LogP contribution is -2.55. The van der Waals surface area contributed by atoms with Crippen LogP contribution >= 0.6 is 0 Å². The van der Waals surface area contributed by atoms with E-state index in [1.54, 1.807) is 12.1 Å². The predicted octanol–water partition coefficient (Wildman–Crippen LogP) is 1.86. The molecule has 0 amide bonds. The summed E-state index contributed by atoms with van der Waals surface area (Å²) in [6.07, 6.45) is 0.699. The van der Waals surface area contributed by atoms with Crippen LogP contribution in [0.15, 0.2) is 24.3 Å². The number of carboxylic acid groups (broad SMARTS) is 1. The van der Waals surface area contributed by atoms with Crippen molar-refractivity contribution in [3.63, 3.8) is 0 Å². The first-order valence-corrected chi connectivity index (χ1v) is 6.54. The highest BCUT2D eigenvalue weighted by Gasteiger charge is 2.26. The van der Waals surface area contributed by atoms with E-state index in [2.05, 4.69) is 5.32 Å². The van der Waals surface area contributed by atoms with Gasteiger partial charge in [0.15, 0.2) is 0 Å². The number of nitrogens with one attached hydrogen (secondary N) is 1. The van der Waals surface area contributed by atoms with E-state index in [4.69, 9.17) is 5.11 Å². The molecule has 5 heteroatoms. The van der Waals surface area contributed by atoms with E-state index in [1.165, 1.54) is 6.07 Å². The summed E-state index contributed by atoms with van der Waals surface area (Å²) in [6, 6.07) is 7.00. The van der Waals surface area contributed by atoms with E-state index in [0.29, 0.717) is 18.7 Å². The molecule has 0 bridgehead atoms. The van der Waals surface area contributed by atoms with E-state index in [1.807, 2.05) is 17.9 Å². The summed E-state index contributed by atoms with van der Waals surface area (Å²) >= 11 is 0. The van der Waals surface area contributed by atoms with Gasteiger partial charge in [-0.15, -0.1) is 0 Å². The number of hydrogen-bond donors (Lipinski definition) is 2. The zero-order valence-electron chi connectivity index (χ0n) is 11.0. The Morgan fingerprint density at radius 1 is 1.53 bits per heavy atom. The molecule has 0 spiro atoms. The lowest BCUT2D eigenvalue weighted by atomic mass is 10.0. The van der Waals surface area contributed by atoms with E-state index < -0.39 is 5.97 Å². The number of carboxylic acids is 1. The van der Waals surface area contributed by atoms with Crippen LogP contribution in [0.25, 0.3) is 0 Å². The van der Waals surface area contributed by atoms with Crippen LogP contribution < -0.4 is 10.2 Å². The third-order valence-electron chi connectivity index (χ3n) is 3.52. The maximum absolute atomic E-state index is 13.8. The number of carbonyl (C=O) groups is 1. The molecular weight excluding hydrogens is 247 g/mol. The van der Waals surface area contributed by atoms with Gasteiger partial charge in [-0.05, 0) is 25.5 Å². The van der Waals surface area contributed by atoms with Gasteiger partial charge in [0.2, 0.25) is 0 Å². The van der Waals surface area contributed by atoms with Crippen LogP contribution in [-0.4, -0.2) is 36.2 Å². The zero-order valence-corrected chi connectivity index (χ0v) is 11.0. The molecule has 1 aliphatic rings. The van der Waals surface area contributed by atoms with Crippen molar-refractivity contribution < 1.29 is 14.3 Å². The number of piperazine rings is 1. The Kier molecular flexibility index (Phi) is 4.37. The van der Waals surface area contributed by atoms with Gasteiger partial charge in [0.25, 0.3) is 0 Å². The van der Waals surface area contributed by atoms with Crippen molar-refractivity contribution in [2.45, 2.75) is 31.8 Å². The summed E-state index contributed by atoms with van der Waals surface area (Å²) in [4.78, 5) is 12.6. The Bertz CT molecular complexity index is 453. The van der Waals surface area contributed by atoms with Gasteiger partial charge in [0.1, 0.15) is 5.82 Å². The Balaban J connectivity index is 2.06. The lowest BCUT2D eigenvalue weighted by molar-refractivity contribution is -0.137. The molecule has 104 valence electrons. The minimum atomic E-state index is -0.794. The molecular formula is C14H19FN2O2. The average Bonchev–Trinajstić information content (AvgIpc) is 2.38. The van der Waals surface area contributed by atoms with Crippen LogP contribution in [0.2, 0.25) is 0 Å². The molecule has 1 heterocycles. The number of hydrogen-bond acceptors (Lipinski definition) is 3. The quantitative estimate of drug-likeness (QED) is 0.873. The molecule has 1 aliphatic heterocycles. The molecule has 2 rings (SSSR count). The maximum atomic E-state index is 13.8. The molecule has 19 heavy (non-hydrogen) atoms. The molecule has 2 atom stereocenters. The Labute approximate surface area is 112 Å². The SMILES string of the molecule is CC1CNC(CCC(=O)O)CN1c1ccccc1F. The van der Waals surface area contributed by atoms with Gasteiger partial charge in [-0.1, -0.05) is 12.1 Å². The van der Waals surface area contributed by atoms with E-state index in [9.17, 15) is 9.18 Å². The topological polar surface area (TPSA) is 52.6 Å². The highest BCUT2D eigenvalue weighted by Crippen LogP contribution is 2.23. The van der Waals surface area contributed by atoms with Gasteiger partial charge in [0.05, 0.1) is 5.69 Å². The number of halogens is 1. The second-order valence-corrected chi connectivity index (χ2v) is 4.99. The highest BCUT2D eigenvalue weighted by molar-refractivity contribution is 5.66. The Morgan fingerprint density at radius 2 is 2.26 bits per heavy atom. The van der Waals surface area contributed by atoms with Crippen molar-refractivity contribution in [1.82, 2.24) is 5.32 Å². The first-order chi connectivity index (χ1) is 9.08. The minimum absolute atomic E-state index is 0.0897. The molecule has 0 saturated carbocycles. The summed E-state index contributed by atoms with van der Waals surface area (Å²) < 4.78 is 13.8. The monoisotopic (exact) mass is 266 g/mol. The summed E-state index contributed by atoms with van der Waals surface area (Å²) in [5.74, 6) is -1.02. The average molecular weight is 266 g/mol. The fraction of sp³-hybridized carbons (Fsp3) is 0.500. The summed E-state index contributed by atoms with van der Waals surface area (Å²) in [5, 5.41) is 12.0. The van der Waals surface area contributed by atoms with Gasteiger partial charge < -0.3 is 15.3 Å². The van der Waals surface area contributed by atoms with E-state index >= 15 is 0 Å². The van der Waals surface area contributed by atoms with E-state index in [-0.39, 0.29) is 24.3 Å². The second-order valence-electron chi connectivity index (χ2n) is 4.99. The standard InChI is InChI=1S/C14H19FN2O2/c1-10-8-16-11(6-7-14(18)19)9-17(10)13-5-3-2-4-12(13)15/h2-5,10-11,16H,6-9H2,1H3,(H,18,19). The maximum Gasteiger partial charge on any atom is 0.303 e. The normalized spacial score (nSPS) is 23.4. The Morgan fingerprint density at radius 3 is 2.95 bits per heavy atom. The number of aliphatic carboxylic acids is 1. The van der Waals surface area contributed by atoms with Gasteiger partial charge in [-0.3, -0.25) is 4.79 Å². The van der Waals surface area contributed by atoms with Crippen LogP contribution in [0.3, 0.4) is 0 Å². The van der Waals surface area contributed by atoms with Crippen LogP contribution in [-0.2, 0) is 4.79 Å². The van der Waals surface area contributed by atoms with Gasteiger partial charge in [0, 0.05) is 31.6 Å². The summed E-state index contributed by atoms with van der Waals surface area (Å²) in [5.41, 5.74) is 0.594. The fourth-order valence-corrected chi connectivity index (χ4v) is 2.44. The number of benzene rings is 1. The molecule has 1 aromatic rings. The smallest absolute Gasteiger partial charge is 0.303 e. The van der Waals surface area contributed by atoms with Crippen LogP contribution in [0, 0.1) is 5.82 Å². The van der Waals surface area contributed by atoms with Gasteiger partial charge in [-0.25, -0.2) is 4.39 Å². The molecule has 1 aromatic carbocycles. The third kappa shape index (κ3) is 3.44. The van der Waals surface area contributed by atoms with Gasteiger partial charge >= 0.3 is 5.97 Å². The van der Waals surface area contributed by atoms with Crippen molar-refractivity contribution in [1.29, 1.82) is 0 Å². The summed E-state index contributed by atoms with van der Waals surface area (Å²) in [7, 11) is 0. The number of anilines is 1. The lowest BCUT2D eigenvalue weighted by Gasteiger charge is -2.40. The predicted molar refractivity (Wildman–Crippen MR) is 71.9 cm³/mol.